The summed E-state index contributed by atoms with van der Waals surface area (Å²) in [5.74, 6) is 1.13. The standard InChI is InChI=1S/C12H17BrClNOS/c1-17-6-2-3-10(8-16)15-9-4-5-12(14)11(13)7-9/h4-5,7,10,15-16H,2-3,6,8H2,1H3. The Bertz CT molecular complexity index is 351. The van der Waals surface area contributed by atoms with Crippen molar-refractivity contribution in [1.29, 1.82) is 0 Å². The maximum atomic E-state index is 9.30. The molecule has 5 heteroatoms. The van der Waals surface area contributed by atoms with E-state index in [9.17, 15) is 5.11 Å². The summed E-state index contributed by atoms with van der Waals surface area (Å²) in [4.78, 5) is 0. The fraction of sp³-hybridized carbons (Fsp3) is 0.500. The first-order valence-electron chi connectivity index (χ1n) is 5.48. The van der Waals surface area contributed by atoms with Crippen molar-refractivity contribution >= 4 is 45.0 Å². The van der Waals surface area contributed by atoms with Gasteiger partial charge in [-0.15, -0.1) is 0 Å². The van der Waals surface area contributed by atoms with Crippen LogP contribution in [-0.4, -0.2) is 29.8 Å². The van der Waals surface area contributed by atoms with Gasteiger partial charge in [-0.3, -0.25) is 0 Å². The molecule has 96 valence electrons. The van der Waals surface area contributed by atoms with Gasteiger partial charge in [0.15, 0.2) is 0 Å². The predicted molar refractivity (Wildman–Crippen MR) is 81.3 cm³/mol. The van der Waals surface area contributed by atoms with Crippen LogP contribution < -0.4 is 5.32 Å². The molecule has 0 aliphatic carbocycles. The molecule has 17 heavy (non-hydrogen) atoms. The van der Waals surface area contributed by atoms with E-state index in [1.807, 2.05) is 30.0 Å². The molecule has 2 nitrogen and oxygen atoms in total. The lowest BCUT2D eigenvalue weighted by Crippen LogP contribution is -2.23. The first kappa shape index (κ1) is 15.2. The van der Waals surface area contributed by atoms with Crippen molar-refractivity contribution in [1.82, 2.24) is 0 Å². The van der Waals surface area contributed by atoms with E-state index in [1.165, 1.54) is 0 Å². The SMILES string of the molecule is CSCCCC(CO)Nc1ccc(Cl)c(Br)c1. The monoisotopic (exact) mass is 337 g/mol. The maximum Gasteiger partial charge on any atom is 0.0632 e. The van der Waals surface area contributed by atoms with E-state index in [-0.39, 0.29) is 12.6 Å². The zero-order valence-electron chi connectivity index (χ0n) is 9.75. The molecule has 0 bridgehead atoms. The van der Waals surface area contributed by atoms with Gasteiger partial charge in [0.25, 0.3) is 0 Å². The lowest BCUT2D eigenvalue weighted by Gasteiger charge is -2.17. The molecule has 0 amide bonds. The van der Waals surface area contributed by atoms with Crippen molar-refractivity contribution in [3.05, 3.63) is 27.7 Å². The Morgan fingerprint density at radius 1 is 1.53 bits per heavy atom. The highest BCUT2D eigenvalue weighted by Crippen LogP contribution is 2.26. The normalized spacial score (nSPS) is 12.5. The molecule has 1 unspecified atom stereocenters. The van der Waals surface area contributed by atoms with Crippen LogP contribution in [0.2, 0.25) is 5.02 Å². The van der Waals surface area contributed by atoms with Crippen molar-refractivity contribution in [3.63, 3.8) is 0 Å². The Morgan fingerprint density at radius 3 is 2.88 bits per heavy atom. The van der Waals surface area contributed by atoms with Crippen LogP contribution in [0.4, 0.5) is 5.69 Å². The van der Waals surface area contributed by atoms with Crippen LogP contribution in [0.25, 0.3) is 0 Å². The molecular formula is C12H17BrClNOS. The van der Waals surface area contributed by atoms with E-state index < -0.39 is 0 Å². The smallest absolute Gasteiger partial charge is 0.0632 e. The van der Waals surface area contributed by atoms with Crippen molar-refractivity contribution in [3.8, 4) is 0 Å². The second-order valence-electron chi connectivity index (χ2n) is 3.79. The van der Waals surface area contributed by atoms with E-state index in [2.05, 4.69) is 27.5 Å². The molecule has 1 aromatic rings. The van der Waals surface area contributed by atoms with E-state index in [1.54, 1.807) is 0 Å². The van der Waals surface area contributed by atoms with E-state index in [0.717, 1.165) is 28.8 Å². The van der Waals surface area contributed by atoms with Crippen LogP contribution in [0, 0.1) is 0 Å². The number of aliphatic hydroxyl groups is 1. The minimum atomic E-state index is 0.107. The molecule has 0 aliphatic rings. The number of nitrogens with one attached hydrogen (secondary N) is 1. The number of hydrogen-bond acceptors (Lipinski definition) is 3. The summed E-state index contributed by atoms with van der Waals surface area (Å²) in [7, 11) is 0. The highest BCUT2D eigenvalue weighted by atomic mass is 79.9. The predicted octanol–water partition coefficient (Wildman–Crippen LogP) is 4.02. The Balaban J connectivity index is 2.51. The molecule has 0 heterocycles. The van der Waals surface area contributed by atoms with Crippen LogP contribution in [0.1, 0.15) is 12.8 Å². The second kappa shape index (κ2) is 8.25. The zero-order chi connectivity index (χ0) is 12.7. The Hall–Kier alpha value is 0.1000. The quantitative estimate of drug-likeness (QED) is 0.737. The third-order valence-electron chi connectivity index (χ3n) is 2.41. The molecule has 2 N–H and O–H groups in total. The largest absolute Gasteiger partial charge is 0.394 e. The number of benzene rings is 1. The van der Waals surface area contributed by atoms with Crippen LogP contribution in [0.15, 0.2) is 22.7 Å². The highest BCUT2D eigenvalue weighted by Gasteiger charge is 2.07. The molecule has 1 aromatic carbocycles. The van der Waals surface area contributed by atoms with Crippen molar-refractivity contribution in [2.45, 2.75) is 18.9 Å². The Kier molecular flexibility index (Phi) is 7.35. The lowest BCUT2D eigenvalue weighted by atomic mass is 10.1. The van der Waals surface area contributed by atoms with Gasteiger partial charge in [-0.1, -0.05) is 11.6 Å². The lowest BCUT2D eigenvalue weighted by molar-refractivity contribution is 0.268. The van der Waals surface area contributed by atoms with Gasteiger partial charge in [-0.05, 0) is 59.0 Å². The number of halogens is 2. The zero-order valence-corrected chi connectivity index (χ0v) is 12.9. The van der Waals surface area contributed by atoms with Gasteiger partial charge in [0.05, 0.1) is 11.6 Å². The molecule has 0 spiro atoms. The summed E-state index contributed by atoms with van der Waals surface area (Å²) in [5.41, 5.74) is 0.976. The summed E-state index contributed by atoms with van der Waals surface area (Å²) in [6.07, 6.45) is 4.17. The van der Waals surface area contributed by atoms with Gasteiger partial charge in [0.2, 0.25) is 0 Å². The van der Waals surface area contributed by atoms with Gasteiger partial charge in [0.1, 0.15) is 0 Å². The number of rotatable bonds is 7. The summed E-state index contributed by atoms with van der Waals surface area (Å²) in [5, 5.41) is 13.3. The first-order chi connectivity index (χ1) is 8.17. The average molecular weight is 339 g/mol. The minimum absolute atomic E-state index is 0.107. The molecule has 0 saturated carbocycles. The summed E-state index contributed by atoms with van der Waals surface area (Å²) in [6, 6.07) is 5.80. The molecule has 0 radical (unpaired) electrons. The molecule has 0 aliphatic heterocycles. The average Bonchev–Trinajstić information content (AvgIpc) is 2.32. The van der Waals surface area contributed by atoms with Crippen LogP contribution in [0.3, 0.4) is 0 Å². The number of aliphatic hydroxyl groups excluding tert-OH is 1. The number of thioether (sulfide) groups is 1. The van der Waals surface area contributed by atoms with Gasteiger partial charge >= 0.3 is 0 Å². The molecule has 0 aromatic heterocycles. The summed E-state index contributed by atoms with van der Waals surface area (Å²) >= 11 is 11.1. The fourth-order valence-electron chi connectivity index (χ4n) is 1.50. The van der Waals surface area contributed by atoms with Crippen LogP contribution in [-0.2, 0) is 0 Å². The van der Waals surface area contributed by atoms with Gasteiger partial charge in [-0.25, -0.2) is 0 Å². The molecule has 1 rings (SSSR count). The number of anilines is 1. The molecule has 0 fully saturated rings. The van der Waals surface area contributed by atoms with Crippen molar-refractivity contribution in [2.24, 2.45) is 0 Å². The second-order valence-corrected chi connectivity index (χ2v) is 6.03. The summed E-state index contributed by atoms with van der Waals surface area (Å²) < 4.78 is 0.866. The molecular weight excluding hydrogens is 322 g/mol. The Labute approximate surface area is 120 Å². The minimum Gasteiger partial charge on any atom is -0.394 e. The summed E-state index contributed by atoms with van der Waals surface area (Å²) in [6.45, 7) is 0.147. The van der Waals surface area contributed by atoms with Crippen molar-refractivity contribution in [2.75, 3.05) is 23.9 Å². The third kappa shape index (κ3) is 5.51. The van der Waals surface area contributed by atoms with Crippen molar-refractivity contribution < 1.29 is 5.11 Å². The van der Waals surface area contributed by atoms with Crippen LogP contribution in [0.5, 0.6) is 0 Å². The van der Waals surface area contributed by atoms with E-state index in [0.29, 0.717) is 5.02 Å². The fourth-order valence-corrected chi connectivity index (χ4v) is 2.46. The van der Waals surface area contributed by atoms with E-state index in [4.69, 9.17) is 11.6 Å². The van der Waals surface area contributed by atoms with Gasteiger partial charge in [0, 0.05) is 16.2 Å². The number of hydrogen-bond donors (Lipinski definition) is 2. The van der Waals surface area contributed by atoms with Gasteiger partial charge in [-0.2, -0.15) is 11.8 Å². The van der Waals surface area contributed by atoms with Gasteiger partial charge < -0.3 is 10.4 Å². The maximum absolute atomic E-state index is 9.30. The topological polar surface area (TPSA) is 32.3 Å². The molecule has 0 saturated heterocycles. The molecule has 1 atom stereocenters. The van der Waals surface area contributed by atoms with Crippen LogP contribution >= 0.6 is 39.3 Å². The Morgan fingerprint density at radius 2 is 2.29 bits per heavy atom. The van der Waals surface area contributed by atoms with E-state index >= 15 is 0 Å². The highest BCUT2D eigenvalue weighted by molar-refractivity contribution is 9.10. The third-order valence-corrected chi connectivity index (χ3v) is 4.32. The first-order valence-corrected chi connectivity index (χ1v) is 8.05.